The van der Waals surface area contributed by atoms with Crippen molar-refractivity contribution in [3.8, 4) is 39.1 Å². The van der Waals surface area contributed by atoms with Crippen molar-refractivity contribution in [2.24, 2.45) is 13.0 Å². The van der Waals surface area contributed by atoms with Gasteiger partial charge < -0.3 is 19.7 Å². The molecule has 2 N–H and O–H groups in total. The molecule has 9 heteroatoms. The third-order valence-electron chi connectivity index (χ3n) is 6.98. The van der Waals surface area contributed by atoms with Gasteiger partial charge in [-0.15, -0.1) is 11.3 Å². The third kappa shape index (κ3) is 4.45. The first-order valence-electron chi connectivity index (χ1n) is 12.4. The molecule has 5 aromatic rings. The first kappa shape index (κ1) is 23.6. The van der Waals surface area contributed by atoms with E-state index < -0.39 is 0 Å². The van der Waals surface area contributed by atoms with Crippen LogP contribution in [0.25, 0.3) is 43.4 Å². The molecule has 1 saturated carbocycles. The highest BCUT2D eigenvalue weighted by Gasteiger charge is 2.28. The van der Waals surface area contributed by atoms with E-state index in [1.807, 2.05) is 36.0 Å². The van der Waals surface area contributed by atoms with Crippen LogP contribution in [0.1, 0.15) is 19.3 Å². The quantitative estimate of drug-likeness (QED) is 0.301. The van der Waals surface area contributed by atoms with Crippen LogP contribution in [0.15, 0.2) is 61.1 Å². The van der Waals surface area contributed by atoms with Crippen LogP contribution in [-0.4, -0.2) is 49.4 Å². The summed E-state index contributed by atoms with van der Waals surface area (Å²) in [5, 5.41) is 14.4. The highest BCUT2D eigenvalue weighted by atomic mass is 32.1. The number of nitrogens with one attached hydrogen (secondary N) is 1. The molecule has 0 aliphatic heterocycles. The second-order valence-corrected chi connectivity index (χ2v) is 10.4. The number of aliphatic hydroxyl groups excluding tert-OH is 1. The summed E-state index contributed by atoms with van der Waals surface area (Å²) >= 11 is 1.63. The molecule has 1 aliphatic carbocycles. The number of hydrogen-bond acceptors (Lipinski definition) is 8. The molecular formula is C28H28N6O2S. The van der Waals surface area contributed by atoms with Crippen molar-refractivity contribution in [3.05, 3.63) is 61.1 Å². The number of nitrogens with zero attached hydrogens (tertiary/aromatic N) is 5. The molecule has 1 aliphatic rings. The predicted octanol–water partition coefficient (Wildman–Crippen LogP) is 5.40. The van der Waals surface area contributed by atoms with E-state index in [-0.39, 0.29) is 12.6 Å². The summed E-state index contributed by atoms with van der Waals surface area (Å²) in [7, 11) is 3.58. The maximum absolute atomic E-state index is 9.71. The first-order valence-corrected chi connectivity index (χ1v) is 13.2. The van der Waals surface area contributed by atoms with E-state index in [4.69, 9.17) is 14.7 Å². The zero-order valence-electron chi connectivity index (χ0n) is 20.8. The second kappa shape index (κ2) is 9.91. The van der Waals surface area contributed by atoms with E-state index in [0.29, 0.717) is 23.4 Å². The second-order valence-electron chi connectivity index (χ2n) is 9.40. The molecule has 4 aromatic heterocycles. The lowest BCUT2D eigenvalue weighted by atomic mass is 10.00. The van der Waals surface area contributed by atoms with Gasteiger partial charge in [-0.3, -0.25) is 0 Å². The molecule has 0 radical (unpaired) electrons. The molecule has 1 fully saturated rings. The van der Waals surface area contributed by atoms with Crippen LogP contribution in [-0.2, 0) is 7.05 Å². The van der Waals surface area contributed by atoms with Crippen molar-refractivity contribution in [2.75, 3.05) is 19.0 Å². The Balaban J connectivity index is 1.61. The van der Waals surface area contributed by atoms with Crippen LogP contribution in [0.4, 0.5) is 5.82 Å². The zero-order chi connectivity index (χ0) is 25.4. The smallest absolute Gasteiger partial charge is 0.213 e. The molecule has 188 valence electrons. The van der Waals surface area contributed by atoms with Crippen molar-refractivity contribution < 1.29 is 9.84 Å². The van der Waals surface area contributed by atoms with Crippen molar-refractivity contribution in [3.63, 3.8) is 0 Å². The lowest BCUT2D eigenvalue weighted by Crippen LogP contribution is -2.18. The highest BCUT2D eigenvalue weighted by molar-refractivity contribution is 7.22. The van der Waals surface area contributed by atoms with Gasteiger partial charge in [-0.1, -0.05) is 30.3 Å². The molecule has 0 amide bonds. The number of fused-ring (bicyclic) bond motifs is 1. The first-order chi connectivity index (χ1) is 18.1. The number of aliphatic hydroxyl groups is 1. The van der Waals surface area contributed by atoms with E-state index in [1.165, 1.54) is 0 Å². The van der Waals surface area contributed by atoms with E-state index in [1.54, 1.807) is 30.8 Å². The Morgan fingerprint density at radius 3 is 2.68 bits per heavy atom. The number of imidazole rings is 1. The molecule has 1 aromatic carbocycles. The minimum atomic E-state index is 0.220. The van der Waals surface area contributed by atoms with Crippen LogP contribution >= 0.6 is 11.3 Å². The summed E-state index contributed by atoms with van der Waals surface area (Å²) in [5.74, 6) is 2.98. The zero-order valence-corrected chi connectivity index (χ0v) is 21.6. The fourth-order valence-electron chi connectivity index (χ4n) is 5.10. The number of rotatable bonds is 7. The number of hydrogen-bond donors (Lipinski definition) is 2. The largest absolute Gasteiger partial charge is 0.481 e. The summed E-state index contributed by atoms with van der Waals surface area (Å²) in [6.07, 6.45) is 8.35. The SMILES string of the molecule is COc1cc(-c2sc3nc(-c4nccn4C)nc(N[C@@H]4CC[C@H](CO)C4)c3c2-c2ccccc2)ccn1. The minimum Gasteiger partial charge on any atom is -0.481 e. The van der Waals surface area contributed by atoms with Crippen molar-refractivity contribution >= 4 is 27.4 Å². The Morgan fingerprint density at radius 2 is 1.95 bits per heavy atom. The molecule has 4 heterocycles. The van der Waals surface area contributed by atoms with Gasteiger partial charge in [-0.05, 0) is 42.4 Å². The van der Waals surface area contributed by atoms with Crippen LogP contribution in [0, 0.1) is 5.92 Å². The Kier molecular flexibility index (Phi) is 6.31. The Hall–Kier alpha value is -3.82. The molecule has 2 atom stereocenters. The third-order valence-corrected chi connectivity index (χ3v) is 8.11. The fraction of sp³-hybridized carbons (Fsp3) is 0.286. The lowest BCUT2D eigenvalue weighted by molar-refractivity contribution is 0.229. The Bertz CT molecular complexity index is 1550. The van der Waals surface area contributed by atoms with Gasteiger partial charge in [0.15, 0.2) is 11.6 Å². The monoisotopic (exact) mass is 512 g/mol. The van der Waals surface area contributed by atoms with Crippen LogP contribution < -0.4 is 10.1 Å². The molecule has 37 heavy (non-hydrogen) atoms. The predicted molar refractivity (Wildman–Crippen MR) is 147 cm³/mol. The number of pyridine rings is 1. The Labute approximate surface area is 219 Å². The molecule has 0 unspecified atom stereocenters. The van der Waals surface area contributed by atoms with E-state index >= 15 is 0 Å². The summed E-state index contributed by atoms with van der Waals surface area (Å²) < 4.78 is 7.37. The number of methoxy groups -OCH3 is 1. The van der Waals surface area contributed by atoms with Gasteiger partial charge in [-0.2, -0.15) is 0 Å². The summed E-state index contributed by atoms with van der Waals surface area (Å²) in [4.78, 5) is 20.9. The molecule has 0 saturated heterocycles. The maximum Gasteiger partial charge on any atom is 0.213 e. The summed E-state index contributed by atoms with van der Waals surface area (Å²) in [6, 6.07) is 14.6. The van der Waals surface area contributed by atoms with Crippen molar-refractivity contribution in [2.45, 2.75) is 25.3 Å². The van der Waals surface area contributed by atoms with Crippen molar-refractivity contribution in [1.82, 2.24) is 24.5 Å². The van der Waals surface area contributed by atoms with E-state index in [9.17, 15) is 5.11 Å². The Morgan fingerprint density at radius 1 is 1.08 bits per heavy atom. The van der Waals surface area contributed by atoms with Gasteiger partial charge in [0.2, 0.25) is 5.88 Å². The average Bonchev–Trinajstić information content (AvgIpc) is 3.67. The fourth-order valence-corrected chi connectivity index (χ4v) is 6.29. The van der Waals surface area contributed by atoms with Gasteiger partial charge in [0.25, 0.3) is 0 Å². The molecule has 8 nitrogen and oxygen atoms in total. The number of benzene rings is 1. The molecule has 0 spiro atoms. The maximum atomic E-state index is 9.71. The number of thiophene rings is 1. The lowest BCUT2D eigenvalue weighted by Gasteiger charge is -2.16. The van der Waals surface area contributed by atoms with Crippen LogP contribution in [0.2, 0.25) is 0 Å². The van der Waals surface area contributed by atoms with E-state index in [0.717, 1.165) is 56.9 Å². The van der Waals surface area contributed by atoms with E-state index in [2.05, 4.69) is 39.6 Å². The minimum absolute atomic E-state index is 0.220. The normalized spacial score (nSPS) is 17.4. The number of aryl methyl sites for hydroxylation is 1. The molecular weight excluding hydrogens is 484 g/mol. The number of aromatic nitrogens is 5. The van der Waals surface area contributed by atoms with Gasteiger partial charge in [0, 0.05) is 54.8 Å². The number of ether oxygens (including phenoxy) is 1. The topological polar surface area (TPSA) is 98.0 Å². The van der Waals surface area contributed by atoms with Crippen LogP contribution in [0.5, 0.6) is 5.88 Å². The molecule has 6 rings (SSSR count). The van der Waals surface area contributed by atoms with Gasteiger partial charge >= 0.3 is 0 Å². The summed E-state index contributed by atoms with van der Waals surface area (Å²) in [6.45, 7) is 0.220. The van der Waals surface area contributed by atoms with Crippen molar-refractivity contribution in [1.29, 1.82) is 0 Å². The molecule has 0 bridgehead atoms. The highest BCUT2D eigenvalue weighted by Crippen LogP contribution is 2.47. The number of anilines is 1. The summed E-state index contributed by atoms with van der Waals surface area (Å²) in [5.41, 5.74) is 3.19. The van der Waals surface area contributed by atoms with Crippen LogP contribution in [0.3, 0.4) is 0 Å². The van der Waals surface area contributed by atoms with Gasteiger partial charge in [-0.25, -0.2) is 19.9 Å². The van der Waals surface area contributed by atoms with Gasteiger partial charge in [0.05, 0.1) is 12.5 Å². The van der Waals surface area contributed by atoms with Gasteiger partial charge in [0.1, 0.15) is 10.6 Å². The average molecular weight is 513 g/mol. The standard InChI is InChI=1S/C28H28N6O2S/c1-34-13-12-30-27(34)26-32-25(31-20-9-8-17(14-20)16-35)23-22(18-6-4-3-5-7-18)24(37-28(23)33-26)19-10-11-29-21(15-19)36-2/h3-7,10-13,15,17,20,35H,8-9,14,16H2,1-2H3,(H,31,32,33)/t17-,20+/m0/s1.